The van der Waals surface area contributed by atoms with Gasteiger partial charge in [-0.3, -0.25) is 4.79 Å². The van der Waals surface area contributed by atoms with Crippen LogP contribution in [0.4, 0.5) is 5.69 Å². The summed E-state index contributed by atoms with van der Waals surface area (Å²) in [6.45, 7) is 2.91. The number of fused-ring (bicyclic) bond motifs is 1. The van der Waals surface area contributed by atoms with Crippen LogP contribution in [-0.4, -0.2) is 22.4 Å². The van der Waals surface area contributed by atoms with Crippen LogP contribution in [0.2, 0.25) is 0 Å². The van der Waals surface area contributed by atoms with Crippen molar-refractivity contribution in [2.24, 2.45) is 5.73 Å². The first kappa shape index (κ1) is 17.5. The molecule has 2 aromatic rings. The Morgan fingerprint density at radius 3 is 2.83 bits per heavy atom. The molecule has 5 nitrogen and oxygen atoms in total. The maximum absolute atomic E-state index is 12.0. The van der Waals surface area contributed by atoms with Gasteiger partial charge in [-0.15, -0.1) is 0 Å². The van der Waals surface area contributed by atoms with Crippen molar-refractivity contribution in [2.45, 2.75) is 58.3 Å². The highest BCUT2D eigenvalue weighted by Gasteiger charge is 2.06. The van der Waals surface area contributed by atoms with Crippen LogP contribution >= 0.6 is 0 Å². The Labute approximate surface area is 138 Å². The number of aromatic amines is 1. The minimum Gasteiger partial charge on any atom is -0.342 e. The normalized spacial score (nSPS) is 11.0. The summed E-state index contributed by atoms with van der Waals surface area (Å²) in [6.07, 6.45) is 7.94. The van der Waals surface area contributed by atoms with Gasteiger partial charge in [0.2, 0.25) is 5.91 Å². The number of nitrogens with zero attached hydrogens (tertiary/aromatic N) is 1. The van der Waals surface area contributed by atoms with Crippen molar-refractivity contribution in [3.05, 3.63) is 24.0 Å². The highest BCUT2D eigenvalue weighted by molar-refractivity contribution is 5.93. The molecule has 1 heterocycles. The number of rotatable bonds is 10. The summed E-state index contributed by atoms with van der Waals surface area (Å²) in [5.74, 6) is 1.09. The minimum absolute atomic E-state index is 0.0721. The quantitative estimate of drug-likeness (QED) is 0.584. The lowest BCUT2D eigenvalue weighted by molar-refractivity contribution is -0.116. The Morgan fingerprint density at radius 2 is 2.04 bits per heavy atom. The van der Waals surface area contributed by atoms with E-state index in [0.717, 1.165) is 74.0 Å². The van der Waals surface area contributed by atoms with Gasteiger partial charge in [0.25, 0.3) is 0 Å². The van der Waals surface area contributed by atoms with Crippen LogP contribution in [0, 0.1) is 0 Å². The monoisotopic (exact) mass is 316 g/mol. The number of imidazole rings is 1. The fraction of sp³-hybridized carbons (Fsp3) is 0.556. The maximum atomic E-state index is 12.0. The summed E-state index contributed by atoms with van der Waals surface area (Å²) >= 11 is 0. The van der Waals surface area contributed by atoms with Gasteiger partial charge in [0.05, 0.1) is 11.0 Å². The molecule has 0 fully saturated rings. The van der Waals surface area contributed by atoms with Gasteiger partial charge in [-0.25, -0.2) is 4.98 Å². The average Bonchev–Trinajstić information content (AvgIpc) is 2.94. The number of benzene rings is 1. The molecule has 0 saturated heterocycles. The predicted octanol–water partition coefficient (Wildman–Crippen LogP) is 3.75. The van der Waals surface area contributed by atoms with Crippen molar-refractivity contribution in [2.75, 3.05) is 11.9 Å². The fourth-order valence-corrected chi connectivity index (χ4v) is 2.61. The largest absolute Gasteiger partial charge is 0.342 e. The predicted molar refractivity (Wildman–Crippen MR) is 95.5 cm³/mol. The second-order valence-corrected chi connectivity index (χ2v) is 6.02. The zero-order valence-electron chi connectivity index (χ0n) is 14.0. The molecule has 0 aliphatic heterocycles. The number of nitrogens with two attached hydrogens (primary N) is 1. The number of amides is 1. The number of carbonyl (C=O) groups is 1. The number of anilines is 1. The van der Waals surface area contributed by atoms with E-state index >= 15 is 0 Å². The van der Waals surface area contributed by atoms with E-state index in [1.54, 1.807) is 0 Å². The summed E-state index contributed by atoms with van der Waals surface area (Å²) in [5, 5.41) is 2.97. The first-order chi connectivity index (χ1) is 11.2. The molecule has 0 saturated carbocycles. The smallest absolute Gasteiger partial charge is 0.224 e. The summed E-state index contributed by atoms with van der Waals surface area (Å²) < 4.78 is 0. The molecular formula is C18H28N4O. The molecule has 1 amide bonds. The van der Waals surface area contributed by atoms with Crippen LogP contribution in [0.3, 0.4) is 0 Å². The van der Waals surface area contributed by atoms with Crippen LogP contribution in [0.25, 0.3) is 11.0 Å². The van der Waals surface area contributed by atoms with E-state index in [-0.39, 0.29) is 5.91 Å². The molecule has 126 valence electrons. The molecule has 2 rings (SSSR count). The third kappa shape index (κ3) is 5.67. The minimum atomic E-state index is 0.0721. The number of hydrogen-bond donors (Lipinski definition) is 3. The second-order valence-electron chi connectivity index (χ2n) is 6.02. The van der Waals surface area contributed by atoms with Gasteiger partial charge in [0.15, 0.2) is 0 Å². The standard InChI is InChI=1S/C18H28N4O/c1-2-3-8-17-21-15-11-10-14(13-16(15)22-17)20-18(23)9-6-4-5-7-12-19/h10-11,13H,2-9,12,19H2,1H3,(H,20,23)(H,21,22). The number of nitrogens with one attached hydrogen (secondary N) is 2. The van der Waals surface area contributed by atoms with Crippen LogP contribution in [-0.2, 0) is 11.2 Å². The van der Waals surface area contributed by atoms with E-state index in [1.807, 2.05) is 18.2 Å². The lowest BCUT2D eigenvalue weighted by Gasteiger charge is -2.05. The Morgan fingerprint density at radius 1 is 1.22 bits per heavy atom. The number of hydrogen-bond acceptors (Lipinski definition) is 3. The SMILES string of the molecule is CCCCc1nc2ccc(NC(=O)CCCCCCN)cc2[nH]1. The third-order valence-corrected chi connectivity index (χ3v) is 3.94. The number of H-pyrrole nitrogens is 1. The molecular weight excluding hydrogens is 288 g/mol. The van der Waals surface area contributed by atoms with E-state index in [4.69, 9.17) is 5.73 Å². The van der Waals surface area contributed by atoms with Gasteiger partial charge in [0, 0.05) is 18.5 Å². The number of carbonyl (C=O) groups excluding carboxylic acids is 1. The van der Waals surface area contributed by atoms with Crippen LogP contribution < -0.4 is 11.1 Å². The Bertz CT molecular complexity index is 621. The molecule has 5 heteroatoms. The Hall–Kier alpha value is -1.88. The molecule has 0 radical (unpaired) electrons. The third-order valence-electron chi connectivity index (χ3n) is 3.94. The van der Waals surface area contributed by atoms with Crippen molar-refractivity contribution in [1.82, 2.24) is 9.97 Å². The molecule has 0 spiro atoms. The average molecular weight is 316 g/mol. The van der Waals surface area contributed by atoms with Gasteiger partial charge in [-0.1, -0.05) is 26.2 Å². The van der Waals surface area contributed by atoms with Crippen LogP contribution in [0.1, 0.15) is 57.7 Å². The molecule has 0 aliphatic rings. The van der Waals surface area contributed by atoms with E-state index in [0.29, 0.717) is 6.42 Å². The number of aromatic nitrogens is 2. The van der Waals surface area contributed by atoms with Crippen LogP contribution in [0.5, 0.6) is 0 Å². The van der Waals surface area contributed by atoms with Gasteiger partial charge in [-0.2, -0.15) is 0 Å². The van der Waals surface area contributed by atoms with Gasteiger partial charge >= 0.3 is 0 Å². The number of unbranched alkanes of at least 4 members (excludes halogenated alkanes) is 4. The molecule has 1 aromatic carbocycles. The number of aryl methyl sites for hydroxylation is 1. The van der Waals surface area contributed by atoms with Crippen molar-refractivity contribution in [3.63, 3.8) is 0 Å². The van der Waals surface area contributed by atoms with E-state index in [9.17, 15) is 4.79 Å². The lowest BCUT2D eigenvalue weighted by atomic mass is 10.1. The van der Waals surface area contributed by atoms with Gasteiger partial charge in [-0.05, 0) is 44.0 Å². The fourth-order valence-electron chi connectivity index (χ4n) is 2.61. The zero-order valence-corrected chi connectivity index (χ0v) is 14.0. The maximum Gasteiger partial charge on any atom is 0.224 e. The molecule has 0 bridgehead atoms. The summed E-state index contributed by atoms with van der Waals surface area (Å²) in [7, 11) is 0. The van der Waals surface area contributed by atoms with Crippen molar-refractivity contribution in [1.29, 1.82) is 0 Å². The van der Waals surface area contributed by atoms with Crippen LogP contribution in [0.15, 0.2) is 18.2 Å². The highest BCUT2D eigenvalue weighted by Crippen LogP contribution is 2.18. The zero-order chi connectivity index (χ0) is 16.5. The first-order valence-corrected chi connectivity index (χ1v) is 8.71. The van der Waals surface area contributed by atoms with E-state index in [2.05, 4.69) is 22.2 Å². The lowest BCUT2D eigenvalue weighted by Crippen LogP contribution is -2.11. The summed E-state index contributed by atoms with van der Waals surface area (Å²) in [6, 6.07) is 5.83. The first-order valence-electron chi connectivity index (χ1n) is 8.71. The molecule has 0 atom stereocenters. The highest BCUT2D eigenvalue weighted by atomic mass is 16.1. The molecule has 0 unspecified atom stereocenters. The molecule has 4 N–H and O–H groups in total. The summed E-state index contributed by atoms with van der Waals surface area (Å²) in [4.78, 5) is 19.9. The Kier molecular flexibility index (Phi) is 7.07. The second kappa shape index (κ2) is 9.30. The molecule has 23 heavy (non-hydrogen) atoms. The van der Waals surface area contributed by atoms with Crippen molar-refractivity contribution < 1.29 is 4.79 Å². The van der Waals surface area contributed by atoms with E-state index < -0.39 is 0 Å². The van der Waals surface area contributed by atoms with Gasteiger partial charge in [0.1, 0.15) is 5.82 Å². The summed E-state index contributed by atoms with van der Waals surface area (Å²) in [5.41, 5.74) is 8.23. The Balaban J connectivity index is 1.86. The van der Waals surface area contributed by atoms with Crippen molar-refractivity contribution >= 4 is 22.6 Å². The molecule has 0 aliphatic carbocycles. The van der Waals surface area contributed by atoms with Gasteiger partial charge < -0.3 is 16.0 Å². The molecule has 1 aromatic heterocycles. The van der Waals surface area contributed by atoms with Crippen molar-refractivity contribution in [3.8, 4) is 0 Å². The topological polar surface area (TPSA) is 83.8 Å². The van der Waals surface area contributed by atoms with E-state index in [1.165, 1.54) is 0 Å².